The van der Waals surface area contributed by atoms with Gasteiger partial charge >= 0.3 is 6.18 Å². The molecule has 0 radical (unpaired) electrons. The number of benzene rings is 1. The number of rotatable bonds is 3. The molecule has 0 amide bonds. The number of aromatic nitrogens is 1. The van der Waals surface area contributed by atoms with Crippen LogP contribution in [0.15, 0.2) is 29.1 Å². The van der Waals surface area contributed by atoms with Gasteiger partial charge in [-0.15, -0.1) is 0 Å². The van der Waals surface area contributed by atoms with Crippen LogP contribution in [-0.2, 0) is 10.9 Å². The minimum absolute atomic E-state index is 0.00498. The first-order valence-electron chi connectivity index (χ1n) is 7.80. The fourth-order valence-electron chi connectivity index (χ4n) is 2.89. The highest BCUT2D eigenvalue weighted by atomic mass is 19.4. The third-order valence-electron chi connectivity index (χ3n) is 4.32. The largest absolute Gasteiger partial charge is 0.421 e. The predicted octanol–water partition coefficient (Wildman–Crippen LogP) is 0.440. The van der Waals surface area contributed by atoms with Crippen LogP contribution in [0.4, 0.5) is 18.9 Å². The lowest BCUT2D eigenvalue weighted by Crippen LogP contribution is -2.56. The zero-order valence-corrected chi connectivity index (χ0v) is 13.3. The fraction of sp³-hybridized carbons (Fsp3) is 0.438. The summed E-state index contributed by atoms with van der Waals surface area (Å²) in [4.78, 5) is 13.8. The number of pyridine rings is 1. The van der Waals surface area contributed by atoms with E-state index in [1.807, 2.05) is 0 Å². The standard InChI is InChI=1S/C16H17F3N2O5/c17-16(18,19)9-3-7-1-2-8(4-10(7)21-15(9)25)20-11-6-26-12(5-22)14(24)13(11)23/h1-4,11-14,20,22-24H,5-6H2,(H,21,25)/t11?,12?,13?,14-/m1/s1. The van der Waals surface area contributed by atoms with Crippen molar-refractivity contribution in [3.8, 4) is 0 Å². The Morgan fingerprint density at radius 3 is 2.62 bits per heavy atom. The Labute approximate surface area is 145 Å². The van der Waals surface area contributed by atoms with Crippen molar-refractivity contribution in [2.75, 3.05) is 18.5 Å². The summed E-state index contributed by atoms with van der Waals surface area (Å²) in [6.07, 6.45) is -8.15. The number of halogens is 3. The third-order valence-corrected chi connectivity index (χ3v) is 4.32. The lowest BCUT2D eigenvalue weighted by Gasteiger charge is -2.37. The highest BCUT2D eigenvalue weighted by Gasteiger charge is 2.38. The van der Waals surface area contributed by atoms with Crippen molar-refractivity contribution in [1.82, 2.24) is 4.98 Å². The molecule has 1 aromatic carbocycles. The predicted molar refractivity (Wildman–Crippen MR) is 85.8 cm³/mol. The van der Waals surface area contributed by atoms with E-state index in [0.717, 1.165) is 6.07 Å². The second-order valence-electron chi connectivity index (χ2n) is 6.10. The van der Waals surface area contributed by atoms with Crippen molar-refractivity contribution >= 4 is 16.6 Å². The number of nitrogens with one attached hydrogen (secondary N) is 2. The maximum absolute atomic E-state index is 12.8. The summed E-state index contributed by atoms with van der Waals surface area (Å²) >= 11 is 0. The quantitative estimate of drug-likeness (QED) is 0.533. The zero-order valence-electron chi connectivity index (χ0n) is 13.3. The zero-order chi connectivity index (χ0) is 19.1. The van der Waals surface area contributed by atoms with Crippen molar-refractivity contribution in [1.29, 1.82) is 0 Å². The van der Waals surface area contributed by atoms with Crippen LogP contribution in [0.5, 0.6) is 0 Å². The summed E-state index contributed by atoms with van der Waals surface area (Å²) in [5, 5.41) is 32.1. The average molecular weight is 374 g/mol. The molecule has 0 saturated carbocycles. The topological polar surface area (TPSA) is 115 Å². The minimum atomic E-state index is -4.75. The van der Waals surface area contributed by atoms with Crippen LogP contribution in [0, 0.1) is 0 Å². The Morgan fingerprint density at radius 1 is 1.23 bits per heavy atom. The van der Waals surface area contributed by atoms with Gasteiger partial charge in [0.15, 0.2) is 0 Å². The maximum Gasteiger partial charge on any atom is 0.421 e. The molecule has 0 bridgehead atoms. The number of alkyl halides is 3. The van der Waals surface area contributed by atoms with Crippen LogP contribution in [0.25, 0.3) is 10.9 Å². The molecule has 1 fully saturated rings. The van der Waals surface area contributed by atoms with E-state index in [4.69, 9.17) is 9.84 Å². The van der Waals surface area contributed by atoms with Gasteiger partial charge in [-0.25, -0.2) is 0 Å². The Kier molecular flexibility index (Phi) is 4.93. The van der Waals surface area contributed by atoms with Gasteiger partial charge in [0.05, 0.1) is 24.8 Å². The minimum Gasteiger partial charge on any atom is -0.394 e. The van der Waals surface area contributed by atoms with E-state index < -0.39 is 48.3 Å². The van der Waals surface area contributed by atoms with Crippen molar-refractivity contribution in [3.63, 3.8) is 0 Å². The van der Waals surface area contributed by atoms with E-state index in [1.54, 1.807) is 0 Å². The molecule has 1 aliphatic heterocycles. The summed E-state index contributed by atoms with van der Waals surface area (Å²) in [7, 11) is 0. The van der Waals surface area contributed by atoms with Crippen molar-refractivity contribution in [2.24, 2.45) is 0 Å². The van der Waals surface area contributed by atoms with E-state index in [1.165, 1.54) is 18.2 Å². The molecule has 1 saturated heterocycles. The lowest BCUT2D eigenvalue weighted by atomic mass is 9.98. The second-order valence-corrected chi connectivity index (χ2v) is 6.10. The van der Waals surface area contributed by atoms with Gasteiger partial charge in [-0.1, -0.05) is 6.07 Å². The van der Waals surface area contributed by atoms with Crippen LogP contribution in [0.1, 0.15) is 5.56 Å². The Balaban J connectivity index is 1.85. The highest BCUT2D eigenvalue weighted by Crippen LogP contribution is 2.29. The van der Waals surface area contributed by atoms with Crippen molar-refractivity contribution in [3.05, 3.63) is 40.2 Å². The molecule has 26 heavy (non-hydrogen) atoms. The van der Waals surface area contributed by atoms with Crippen molar-refractivity contribution in [2.45, 2.75) is 30.5 Å². The summed E-state index contributed by atoms with van der Waals surface area (Å²) in [6.45, 7) is -0.436. The lowest BCUT2D eigenvalue weighted by molar-refractivity contribution is -0.152. The van der Waals surface area contributed by atoms with Gasteiger partial charge in [0, 0.05) is 5.69 Å². The SMILES string of the molecule is O=c1[nH]c2cc(NC3COC(CO)[C@@H](O)C3O)ccc2cc1C(F)(F)F. The number of fused-ring (bicyclic) bond motifs is 1. The van der Waals surface area contributed by atoms with Gasteiger partial charge in [0.1, 0.15) is 23.9 Å². The molecule has 7 nitrogen and oxygen atoms in total. The Hall–Kier alpha value is -2.14. The molecule has 1 aromatic heterocycles. The van der Waals surface area contributed by atoms with Crippen LogP contribution in [0.2, 0.25) is 0 Å². The third kappa shape index (κ3) is 3.54. The summed E-state index contributed by atoms with van der Waals surface area (Å²) in [5.41, 5.74) is -1.92. The molecule has 4 atom stereocenters. The molecule has 2 aromatic rings. The number of hydrogen-bond donors (Lipinski definition) is 5. The molecule has 5 N–H and O–H groups in total. The van der Waals surface area contributed by atoms with Crippen LogP contribution >= 0.6 is 0 Å². The number of H-pyrrole nitrogens is 1. The summed E-state index contributed by atoms with van der Waals surface area (Å²) in [6, 6.07) is 4.37. The smallest absolute Gasteiger partial charge is 0.394 e. The Bertz CT molecular complexity index is 854. The first kappa shape index (κ1) is 18.6. The number of aliphatic hydroxyl groups is 3. The first-order chi connectivity index (χ1) is 12.2. The number of ether oxygens (including phenoxy) is 1. The van der Waals surface area contributed by atoms with E-state index in [9.17, 15) is 28.2 Å². The number of aromatic amines is 1. The second kappa shape index (κ2) is 6.88. The molecule has 3 unspecified atom stereocenters. The maximum atomic E-state index is 12.8. The molecular weight excluding hydrogens is 357 g/mol. The van der Waals surface area contributed by atoms with Crippen molar-refractivity contribution < 1.29 is 33.2 Å². The Morgan fingerprint density at radius 2 is 1.96 bits per heavy atom. The van der Waals surface area contributed by atoms with Crippen LogP contribution < -0.4 is 10.9 Å². The molecule has 1 aliphatic rings. The van der Waals surface area contributed by atoms with Gasteiger partial charge in [0.2, 0.25) is 0 Å². The summed E-state index contributed by atoms with van der Waals surface area (Å²) < 4.78 is 43.6. The fourth-order valence-corrected chi connectivity index (χ4v) is 2.89. The van der Waals surface area contributed by atoms with Crippen LogP contribution in [-0.4, -0.2) is 57.9 Å². The van der Waals surface area contributed by atoms with E-state index in [2.05, 4.69) is 10.3 Å². The molecule has 0 aliphatic carbocycles. The van der Waals surface area contributed by atoms with Gasteiger partial charge in [-0.05, 0) is 23.6 Å². The molecular formula is C16H17F3N2O5. The van der Waals surface area contributed by atoms with Gasteiger partial charge in [0.25, 0.3) is 5.56 Å². The molecule has 3 rings (SSSR count). The molecule has 0 spiro atoms. The number of aliphatic hydroxyl groups excluding tert-OH is 3. The monoisotopic (exact) mass is 374 g/mol. The highest BCUT2D eigenvalue weighted by molar-refractivity contribution is 5.82. The number of anilines is 1. The summed E-state index contributed by atoms with van der Waals surface area (Å²) in [5.74, 6) is 0. The van der Waals surface area contributed by atoms with Gasteiger partial charge in [-0.3, -0.25) is 4.79 Å². The normalized spacial score (nSPS) is 26.8. The number of hydrogen-bond acceptors (Lipinski definition) is 6. The average Bonchev–Trinajstić information content (AvgIpc) is 2.57. The van der Waals surface area contributed by atoms with E-state index in [-0.39, 0.29) is 17.5 Å². The first-order valence-corrected chi connectivity index (χ1v) is 7.80. The van der Waals surface area contributed by atoms with E-state index in [0.29, 0.717) is 5.69 Å². The molecule has 10 heteroatoms. The molecule has 142 valence electrons. The van der Waals surface area contributed by atoms with Gasteiger partial charge in [-0.2, -0.15) is 13.2 Å². The van der Waals surface area contributed by atoms with Crippen LogP contribution in [0.3, 0.4) is 0 Å². The van der Waals surface area contributed by atoms with Gasteiger partial charge < -0.3 is 30.4 Å². The molecule has 2 heterocycles. The van der Waals surface area contributed by atoms with E-state index >= 15 is 0 Å².